The average Bonchev–Trinajstić information content (AvgIpc) is 3.31. The van der Waals surface area contributed by atoms with Crippen LogP contribution in [0.2, 0.25) is 0 Å². The topological polar surface area (TPSA) is 71.3 Å². The van der Waals surface area contributed by atoms with E-state index in [9.17, 15) is 9.59 Å². The zero-order chi connectivity index (χ0) is 16.9. The Balaban J connectivity index is 1.60. The fourth-order valence-corrected chi connectivity index (χ4v) is 2.75. The van der Waals surface area contributed by atoms with Gasteiger partial charge in [-0.05, 0) is 42.9 Å². The van der Waals surface area contributed by atoms with E-state index < -0.39 is 0 Å². The van der Waals surface area contributed by atoms with Crippen molar-refractivity contribution in [3.05, 3.63) is 59.5 Å². The number of nitrogens with one attached hydrogen (secondary N) is 2. The van der Waals surface area contributed by atoms with Crippen LogP contribution in [0.5, 0.6) is 0 Å². The van der Waals surface area contributed by atoms with E-state index in [2.05, 4.69) is 22.8 Å². The van der Waals surface area contributed by atoms with Crippen LogP contribution in [-0.2, 0) is 17.8 Å². The van der Waals surface area contributed by atoms with Gasteiger partial charge in [0.25, 0.3) is 5.91 Å². The van der Waals surface area contributed by atoms with E-state index in [4.69, 9.17) is 4.42 Å². The number of carbonyl (C=O) groups excluding carboxylic acids is 2. The second-order valence-electron chi connectivity index (χ2n) is 6.28. The first-order valence-electron chi connectivity index (χ1n) is 8.30. The van der Waals surface area contributed by atoms with Crippen LogP contribution in [-0.4, -0.2) is 17.9 Å². The van der Waals surface area contributed by atoms with Crippen LogP contribution in [0.4, 0.5) is 0 Å². The van der Waals surface area contributed by atoms with Crippen molar-refractivity contribution < 1.29 is 14.0 Å². The van der Waals surface area contributed by atoms with E-state index in [1.165, 1.54) is 12.5 Å². The lowest BCUT2D eigenvalue weighted by molar-refractivity contribution is -0.119. The Labute approximate surface area is 141 Å². The number of benzene rings is 1. The summed E-state index contributed by atoms with van der Waals surface area (Å²) in [6.07, 6.45) is 3.14. The quantitative estimate of drug-likeness (QED) is 0.822. The number of carbonyl (C=O) groups is 2. The molecule has 0 spiro atoms. The highest BCUT2D eigenvalue weighted by atomic mass is 16.4. The third-order valence-corrected chi connectivity index (χ3v) is 4.20. The summed E-state index contributed by atoms with van der Waals surface area (Å²) in [6.45, 7) is 1.74. The number of rotatable bonds is 7. The van der Waals surface area contributed by atoms with Crippen molar-refractivity contribution in [2.75, 3.05) is 0 Å². The van der Waals surface area contributed by atoms with E-state index in [-0.39, 0.29) is 23.6 Å². The second kappa shape index (κ2) is 7.34. The summed E-state index contributed by atoms with van der Waals surface area (Å²) in [5.41, 5.74) is 1.22. The molecule has 1 saturated carbocycles. The zero-order valence-corrected chi connectivity index (χ0v) is 13.7. The first-order valence-corrected chi connectivity index (χ1v) is 8.30. The normalized spacial score (nSPS) is 14.9. The predicted octanol–water partition coefficient (Wildman–Crippen LogP) is 2.67. The van der Waals surface area contributed by atoms with Gasteiger partial charge in [0.15, 0.2) is 5.76 Å². The van der Waals surface area contributed by atoms with Crippen LogP contribution in [0.3, 0.4) is 0 Å². The van der Waals surface area contributed by atoms with Gasteiger partial charge in [-0.15, -0.1) is 0 Å². The maximum Gasteiger partial charge on any atom is 0.287 e. The van der Waals surface area contributed by atoms with Crippen LogP contribution >= 0.6 is 0 Å². The minimum atomic E-state index is -0.197. The van der Waals surface area contributed by atoms with E-state index in [1.54, 1.807) is 12.1 Å². The SMILES string of the molecule is CC(=O)NCc1ccc(C(=O)NC(Cc2ccccc2)C2CC2)o1. The smallest absolute Gasteiger partial charge is 0.287 e. The van der Waals surface area contributed by atoms with Crippen molar-refractivity contribution in [2.24, 2.45) is 5.92 Å². The molecule has 2 aromatic rings. The molecule has 3 rings (SSSR count). The first-order chi connectivity index (χ1) is 11.6. The molecular weight excluding hydrogens is 304 g/mol. The number of hydrogen-bond donors (Lipinski definition) is 2. The van der Waals surface area contributed by atoms with Crippen LogP contribution < -0.4 is 10.6 Å². The molecule has 5 heteroatoms. The molecule has 1 unspecified atom stereocenters. The third kappa shape index (κ3) is 4.47. The highest BCUT2D eigenvalue weighted by Gasteiger charge is 2.32. The van der Waals surface area contributed by atoms with Crippen LogP contribution in [0.25, 0.3) is 0 Å². The Hall–Kier alpha value is -2.56. The summed E-state index contributed by atoms with van der Waals surface area (Å²) in [7, 11) is 0. The monoisotopic (exact) mass is 326 g/mol. The van der Waals surface area contributed by atoms with Crippen LogP contribution in [0.1, 0.15) is 41.6 Å². The molecular formula is C19H22N2O3. The summed E-state index contributed by atoms with van der Waals surface area (Å²) in [5, 5.41) is 5.75. The molecule has 1 aromatic heterocycles. The summed E-state index contributed by atoms with van der Waals surface area (Å²) in [5.74, 6) is 1.07. The summed E-state index contributed by atoms with van der Waals surface area (Å²) >= 11 is 0. The molecule has 0 saturated heterocycles. The molecule has 24 heavy (non-hydrogen) atoms. The van der Waals surface area contributed by atoms with Gasteiger partial charge >= 0.3 is 0 Å². The van der Waals surface area contributed by atoms with E-state index in [0.717, 1.165) is 19.3 Å². The highest BCUT2D eigenvalue weighted by molar-refractivity contribution is 5.91. The van der Waals surface area contributed by atoms with Crippen molar-refractivity contribution in [1.82, 2.24) is 10.6 Å². The predicted molar refractivity (Wildman–Crippen MR) is 90.4 cm³/mol. The molecule has 1 atom stereocenters. The zero-order valence-electron chi connectivity index (χ0n) is 13.7. The van der Waals surface area contributed by atoms with Crippen molar-refractivity contribution in [2.45, 2.75) is 38.8 Å². The van der Waals surface area contributed by atoms with Crippen molar-refractivity contribution in [1.29, 1.82) is 0 Å². The lowest BCUT2D eigenvalue weighted by Crippen LogP contribution is -2.37. The summed E-state index contributed by atoms with van der Waals surface area (Å²) in [6, 6.07) is 13.7. The fraction of sp³-hybridized carbons (Fsp3) is 0.368. The largest absolute Gasteiger partial charge is 0.454 e. The highest BCUT2D eigenvalue weighted by Crippen LogP contribution is 2.34. The second-order valence-corrected chi connectivity index (χ2v) is 6.28. The molecule has 1 aliphatic carbocycles. The molecule has 1 fully saturated rings. The Morgan fingerprint density at radius 1 is 1.17 bits per heavy atom. The third-order valence-electron chi connectivity index (χ3n) is 4.20. The van der Waals surface area contributed by atoms with E-state index in [0.29, 0.717) is 18.2 Å². The van der Waals surface area contributed by atoms with Gasteiger partial charge in [0.1, 0.15) is 5.76 Å². The van der Waals surface area contributed by atoms with Gasteiger partial charge in [0.2, 0.25) is 5.91 Å². The van der Waals surface area contributed by atoms with Crippen molar-refractivity contribution in [3.63, 3.8) is 0 Å². The molecule has 126 valence electrons. The Morgan fingerprint density at radius 2 is 1.92 bits per heavy atom. The van der Waals surface area contributed by atoms with E-state index >= 15 is 0 Å². The molecule has 1 heterocycles. The van der Waals surface area contributed by atoms with Gasteiger partial charge < -0.3 is 15.1 Å². The van der Waals surface area contributed by atoms with Crippen molar-refractivity contribution in [3.8, 4) is 0 Å². The standard InChI is InChI=1S/C19H22N2O3/c1-13(22)20-12-16-9-10-18(24-16)19(23)21-17(15-7-8-15)11-14-5-3-2-4-6-14/h2-6,9-10,15,17H,7-8,11-12H2,1H3,(H,20,22)(H,21,23). The van der Waals surface area contributed by atoms with Gasteiger partial charge in [-0.3, -0.25) is 9.59 Å². The van der Waals surface area contributed by atoms with Gasteiger partial charge in [0.05, 0.1) is 6.54 Å². The van der Waals surface area contributed by atoms with Gasteiger partial charge in [-0.2, -0.15) is 0 Å². The lowest BCUT2D eigenvalue weighted by Gasteiger charge is -2.17. The molecule has 1 aliphatic rings. The minimum Gasteiger partial charge on any atom is -0.454 e. The minimum absolute atomic E-state index is 0.129. The molecule has 5 nitrogen and oxygen atoms in total. The molecule has 1 aromatic carbocycles. The Kier molecular flexibility index (Phi) is 4.99. The van der Waals surface area contributed by atoms with Gasteiger partial charge in [-0.1, -0.05) is 30.3 Å². The molecule has 0 bridgehead atoms. The van der Waals surface area contributed by atoms with Crippen molar-refractivity contribution >= 4 is 11.8 Å². The maximum absolute atomic E-state index is 12.4. The number of amides is 2. The average molecular weight is 326 g/mol. The fourth-order valence-electron chi connectivity index (χ4n) is 2.75. The van der Waals surface area contributed by atoms with Crippen LogP contribution in [0, 0.1) is 5.92 Å². The Morgan fingerprint density at radius 3 is 2.58 bits per heavy atom. The maximum atomic E-state index is 12.4. The molecule has 2 N–H and O–H groups in total. The molecule has 0 radical (unpaired) electrons. The van der Waals surface area contributed by atoms with Gasteiger partial charge in [-0.25, -0.2) is 0 Å². The Bertz CT molecular complexity index is 704. The number of hydrogen-bond acceptors (Lipinski definition) is 3. The first kappa shape index (κ1) is 16.3. The van der Waals surface area contributed by atoms with Gasteiger partial charge in [0, 0.05) is 13.0 Å². The molecule has 0 aliphatic heterocycles. The summed E-state index contributed by atoms with van der Waals surface area (Å²) < 4.78 is 5.52. The summed E-state index contributed by atoms with van der Waals surface area (Å²) in [4.78, 5) is 23.4. The van der Waals surface area contributed by atoms with Crippen LogP contribution in [0.15, 0.2) is 46.9 Å². The molecule has 2 amide bonds. The number of furan rings is 1. The lowest BCUT2D eigenvalue weighted by atomic mass is 10.0. The van der Waals surface area contributed by atoms with E-state index in [1.807, 2.05) is 18.2 Å².